The van der Waals surface area contributed by atoms with Gasteiger partial charge in [-0.1, -0.05) is 12.1 Å². The lowest BCUT2D eigenvalue weighted by molar-refractivity contribution is 0.0610. The quantitative estimate of drug-likeness (QED) is 0.845. The van der Waals surface area contributed by atoms with Crippen LogP contribution in [0.2, 0.25) is 0 Å². The molecule has 0 saturated carbocycles. The molecule has 1 aromatic carbocycles. The molecular weight excluding hydrogens is 338 g/mol. The Hall–Kier alpha value is -1.96. The Balaban J connectivity index is 1.58. The van der Waals surface area contributed by atoms with Crippen LogP contribution in [0.1, 0.15) is 21.1 Å². The second-order valence-electron chi connectivity index (χ2n) is 6.01. The maximum atomic E-state index is 12.6. The molecule has 7 heteroatoms. The molecule has 6 nitrogen and oxygen atoms in total. The second kappa shape index (κ2) is 8.42. The van der Waals surface area contributed by atoms with Crippen molar-refractivity contribution in [1.82, 2.24) is 14.8 Å². The number of carbonyl (C=O) groups excluding carboxylic acids is 1. The minimum atomic E-state index is 0.000814. The number of methoxy groups -OCH3 is 1. The molecule has 25 heavy (non-hydrogen) atoms. The number of rotatable bonds is 6. The molecule has 1 fully saturated rings. The summed E-state index contributed by atoms with van der Waals surface area (Å²) < 4.78 is 5.16. The number of carbonyl (C=O) groups is 1. The topological polar surface area (TPSA) is 65.9 Å². The fourth-order valence-corrected chi connectivity index (χ4v) is 3.69. The Morgan fingerprint density at radius 1 is 1.24 bits per heavy atom. The number of β-amino-alcohol motifs (C(OH)–C–C–N with tert-alkyl or cyclic N) is 1. The Morgan fingerprint density at radius 2 is 1.96 bits per heavy atom. The highest BCUT2D eigenvalue weighted by Crippen LogP contribution is 2.19. The highest BCUT2D eigenvalue weighted by atomic mass is 32.1. The monoisotopic (exact) mass is 361 g/mol. The van der Waals surface area contributed by atoms with Gasteiger partial charge in [-0.15, -0.1) is 11.3 Å². The normalized spacial score (nSPS) is 15.4. The van der Waals surface area contributed by atoms with Crippen LogP contribution in [-0.4, -0.2) is 72.2 Å². The van der Waals surface area contributed by atoms with Gasteiger partial charge in [0, 0.05) is 44.5 Å². The van der Waals surface area contributed by atoms with Crippen molar-refractivity contribution in [2.45, 2.75) is 6.42 Å². The third-order valence-electron chi connectivity index (χ3n) is 4.36. The van der Waals surface area contributed by atoms with Crippen molar-refractivity contribution in [1.29, 1.82) is 0 Å². The maximum absolute atomic E-state index is 12.6. The average Bonchev–Trinajstić information content (AvgIpc) is 3.11. The molecule has 0 radical (unpaired) electrons. The van der Waals surface area contributed by atoms with Gasteiger partial charge < -0.3 is 14.7 Å². The van der Waals surface area contributed by atoms with E-state index < -0.39 is 0 Å². The van der Waals surface area contributed by atoms with Crippen molar-refractivity contribution in [2.24, 2.45) is 0 Å². The minimum absolute atomic E-state index is 0.000814. The van der Waals surface area contributed by atoms with E-state index in [9.17, 15) is 4.79 Å². The van der Waals surface area contributed by atoms with Crippen LogP contribution in [0.15, 0.2) is 29.6 Å². The van der Waals surface area contributed by atoms with E-state index in [1.807, 2.05) is 34.5 Å². The van der Waals surface area contributed by atoms with Crippen LogP contribution in [0.25, 0.3) is 0 Å². The molecule has 1 amide bonds. The van der Waals surface area contributed by atoms with Gasteiger partial charge in [0.15, 0.2) is 0 Å². The molecule has 134 valence electrons. The van der Waals surface area contributed by atoms with Gasteiger partial charge in [-0.05, 0) is 17.7 Å². The molecule has 1 N–H and O–H groups in total. The number of hydrogen-bond donors (Lipinski definition) is 1. The molecule has 0 unspecified atom stereocenters. The summed E-state index contributed by atoms with van der Waals surface area (Å²) in [5.41, 5.74) is 1.68. The first-order chi connectivity index (χ1) is 12.2. The standard InChI is InChI=1S/C18H23N3O3S/c1-24-15-4-2-14(3-5-15)12-17-19-16(13-25-17)18(23)21-8-6-20(7-9-21)10-11-22/h2-5,13,22H,6-12H2,1H3. The molecule has 0 aliphatic carbocycles. The van der Waals surface area contributed by atoms with E-state index in [1.54, 1.807) is 7.11 Å². The summed E-state index contributed by atoms with van der Waals surface area (Å²) in [6.07, 6.45) is 0.715. The van der Waals surface area contributed by atoms with Gasteiger partial charge in [0.25, 0.3) is 5.91 Å². The second-order valence-corrected chi connectivity index (χ2v) is 6.95. The largest absolute Gasteiger partial charge is 0.497 e. The molecule has 1 aliphatic rings. The van der Waals surface area contributed by atoms with Gasteiger partial charge in [-0.2, -0.15) is 0 Å². The highest BCUT2D eigenvalue weighted by Gasteiger charge is 2.23. The Morgan fingerprint density at radius 3 is 2.60 bits per heavy atom. The van der Waals surface area contributed by atoms with Crippen LogP contribution in [0.3, 0.4) is 0 Å². The summed E-state index contributed by atoms with van der Waals surface area (Å²) in [7, 11) is 1.65. The maximum Gasteiger partial charge on any atom is 0.273 e. The first kappa shape index (κ1) is 17.8. The van der Waals surface area contributed by atoms with Crippen LogP contribution in [0, 0.1) is 0 Å². The lowest BCUT2D eigenvalue weighted by Gasteiger charge is -2.33. The van der Waals surface area contributed by atoms with Crippen molar-refractivity contribution in [3.05, 3.63) is 45.9 Å². The van der Waals surface area contributed by atoms with Crippen molar-refractivity contribution >= 4 is 17.2 Å². The summed E-state index contributed by atoms with van der Waals surface area (Å²) in [6.45, 7) is 3.80. The van der Waals surface area contributed by atoms with E-state index in [0.29, 0.717) is 31.7 Å². The number of amides is 1. The van der Waals surface area contributed by atoms with Gasteiger partial charge >= 0.3 is 0 Å². The zero-order valence-corrected chi connectivity index (χ0v) is 15.2. The number of aliphatic hydroxyl groups excluding tert-OH is 1. The van der Waals surface area contributed by atoms with Gasteiger partial charge in [-0.3, -0.25) is 9.69 Å². The smallest absolute Gasteiger partial charge is 0.273 e. The van der Waals surface area contributed by atoms with E-state index in [2.05, 4.69) is 9.88 Å². The summed E-state index contributed by atoms with van der Waals surface area (Å²) in [5.74, 6) is 0.833. The Labute approximate surface area is 151 Å². The number of aliphatic hydroxyl groups is 1. The number of aromatic nitrogens is 1. The predicted molar refractivity (Wildman–Crippen MR) is 97.3 cm³/mol. The summed E-state index contributed by atoms with van der Waals surface area (Å²) in [4.78, 5) is 21.1. The first-order valence-electron chi connectivity index (χ1n) is 8.39. The van der Waals surface area contributed by atoms with Gasteiger partial charge in [0.1, 0.15) is 11.4 Å². The van der Waals surface area contributed by atoms with Crippen molar-refractivity contribution in [2.75, 3.05) is 46.4 Å². The molecule has 1 aliphatic heterocycles. The molecule has 1 aromatic heterocycles. The van der Waals surface area contributed by atoms with Gasteiger partial charge in [0.05, 0.1) is 18.7 Å². The molecule has 0 bridgehead atoms. The fraction of sp³-hybridized carbons (Fsp3) is 0.444. The summed E-state index contributed by atoms with van der Waals surface area (Å²) >= 11 is 1.52. The number of thiazole rings is 1. The zero-order valence-electron chi connectivity index (χ0n) is 14.4. The van der Waals surface area contributed by atoms with Gasteiger partial charge in [-0.25, -0.2) is 4.98 Å². The van der Waals surface area contributed by atoms with E-state index >= 15 is 0 Å². The van der Waals surface area contributed by atoms with Crippen molar-refractivity contribution < 1.29 is 14.6 Å². The number of nitrogens with zero attached hydrogens (tertiary/aromatic N) is 3. The lowest BCUT2D eigenvalue weighted by atomic mass is 10.1. The highest BCUT2D eigenvalue weighted by molar-refractivity contribution is 7.09. The molecule has 1 saturated heterocycles. The molecule has 2 heterocycles. The van der Waals surface area contributed by atoms with E-state index in [-0.39, 0.29) is 12.5 Å². The minimum Gasteiger partial charge on any atom is -0.497 e. The van der Waals surface area contributed by atoms with Crippen molar-refractivity contribution in [3.8, 4) is 5.75 Å². The van der Waals surface area contributed by atoms with E-state index in [4.69, 9.17) is 9.84 Å². The SMILES string of the molecule is COc1ccc(Cc2nc(C(=O)N3CCN(CCO)CC3)cs2)cc1. The number of ether oxygens (including phenoxy) is 1. The van der Waals surface area contributed by atoms with Crippen LogP contribution in [0.5, 0.6) is 5.75 Å². The van der Waals surface area contributed by atoms with Crippen LogP contribution >= 0.6 is 11.3 Å². The number of hydrogen-bond acceptors (Lipinski definition) is 6. The first-order valence-corrected chi connectivity index (χ1v) is 9.27. The van der Waals surface area contributed by atoms with Crippen LogP contribution < -0.4 is 4.74 Å². The molecule has 2 aromatic rings. The molecular formula is C18H23N3O3S. The fourth-order valence-electron chi connectivity index (χ4n) is 2.89. The molecule has 0 atom stereocenters. The summed E-state index contributed by atoms with van der Waals surface area (Å²) in [6, 6.07) is 7.89. The third-order valence-corrected chi connectivity index (χ3v) is 5.21. The third kappa shape index (κ3) is 4.56. The van der Waals surface area contributed by atoms with Gasteiger partial charge in [0.2, 0.25) is 0 Å². The molecule has 0 spiro atoms. The Kier molecular flexibility index (Phi) is 6.01. The van der Waals surface area contributed by atoms with E-state index in [1.165, 1.54) is 11.3 Å². The predicted octanol–water partition coefficient (Wildman–Crippen LogP) is 1.49. The average molecular weight is 361 g/mol. The van der Waals surface area contributed by atoms with E-state index in [0.717, 1.165) is 29.4 Å². The number of benzene rings is 1. The molecule has 3 rings (SSSR count). The van der Waals surface area contributed by atoms with Crippen LogP contribution in [-0.2, 0) is 6.42 Å². The lowest BCUT2D eigenvalue weighted by Crippen LogP contribution is -2.49. The van der Waals surface area contributed by atoms with Crippen molar-refractivity contribution in [3.63, 3.8) is 0 Å². The van der Waals surface area contributed by atoms with Crippen LogP contribution in [0.4, 0.5) is 0 Å². The Bertz CT molecular complexity index is 694. The number of piperazine rings is 1. The summed E-state index contributed by atoms with van der Waals surface area (Å²) in [5, 5.41) is 11.8. The zero-order chi connectivity index (χ0) is 17.6.